The summed E-state index contributed by atoms with van der Waals surface area (Å²) in [7, 11) is 0. The molecule has 0 atom stereocenters. The molecule has 2 rings (SSSR count). The summed E-state index contributed by atoms with van der Waals surface area (Å²) in [5.74, 6) is -2.95. The Labute approximate surface area is 101 Å². The molecule has 0 fully saturated rings. The third-order valence-electron chi connectivity index (χ3n) is 2.37. The minimum atomic E-state index is -1.67. The van der Waals surface area contributed by atoms with Gasteiger partial charge in [-0.1, -0.05) is 11.6 Å². The van der Waals surface area contributed by atoms with E-state index in [0.717, 1.165) is 11.8 Å². The highest BCUT2D eigenvalue weighted by Crippen LogP contribution is 2.15. The molecule has 2 N–H and O–H groups in total. The second kappa shape index (κ2) is 4.33. The van der Waals surface area contributed by atoms with Crippen molar-refractivity contribution in [2.75, 3.05) is 5.32 Å². The molecule has 0 aliphatic rings. The van der Waals surface area contributed by atoms with Gasteiger partial charge < -0.3 is 14.8 Å². The van der Waals surface area contributed by atoms with Gasteiger partial charge in [-0.2, -0.15) is 0 Å². The maximum atomic E-state index is 12.0. The van der Waals surface area contributed by atoms with Crippen LogP contribution in [-0.4, -0.2) is 17.0 Å². The molecule has 92 valence electrons. The molecule has 1 amide bonds. The number of nitrogens with one attached hydrogen (secondary N) is 1. The lowest BCUT2D eigenvalue weighted by Gasteiger charge is -2.03. The standard InChI is InChI=1S/C12H9NO5/c1-6-2-3-9-7(4-6)10(14)8(5-18-9)13-11(15)12(16)17/h2-5H,1H3,(H,13,15)(H,16,17). The zero-order chi connectivity index (χ0) is 13.3. The molecule has 0 saturated carbocycles. The quantitative estimate of drug-likeness (QED) is 0.736. The van der Waals surface area contributed by atoms with Gasteiger partial charge in [0.1, 0.15) is 17.5 Å². The fraction of sp³-hybridized carbons (Fsp3) is 0.0833. The molecule has 0 saturated heterocycles. The Hall–Kier alpha value is -2.63. The molecule has 1 aromatic carbocycles. The molecule has 0 bridgehead atoms. The fourth-order valence-electron chi connectivity index (χ4n) is 1.51. The van der Waals surface area contributed by atoms with Crippen LogP contribution in [-0.2, 0) is 9.59 Å². The van der Waals surface area contributed by atoms with E-state index >= 15 is 0 Å². The third kappa shape index (κ3) is 2.08. The van der Waals surface area contributed by atoms with E-state index < -0.39 is 17.3 Å². The Bertz CT molecular complexity index is 701. The Morgan fingerprint density at radius 1 is 1.33 bits per heavy atom. The molecule has 0 radical (unpaired) electrons. The summed E-state index contributed by atoms with van der Waals surface area (Å²) >= 11 is 0. The average Bonchev–Trinajstić information content (AvgIpc) is 2.33. The maximum absolute atomic E-state index is 12.0. The van der Waals surface area contributed by atoms with E-state index in [4.69, 9.17) is 9.52 Å². The van der Waals surface area contributed by atoms with Gasteiger partial charge in [-0.25, -0.2) is 4.79 Å². The highest BCUT2D eigenvalue weighted by atomic mass is 16.4. The van der Waals surface area contributed by atoms with E-state index in [0.29, 0.717) is 5.58 Å². The van der Waals surface area contributed by atoms with Crippen LogP contribution in [0.25, 0.3) is 11.0 Å². The highest BCUT2D eigenvalue weighted by Gasteiger charge is 2.15. The minimum Gasteiger partial charge on any atom is -0.474 e. The van der Waals surface area contributed by atoms with Gasteiger partial charge in [0.2, 0.25) is 5.43 Å². The van der Waals surface area contributed by atoms with E-state index in [2.05, 4.69) is 0 Å². The molecule has 1 aromatic heterocycles. The third-order valence-corrected chi connectivity index (χ3v) is 2.37. The Balaban J connectivity index is 2.54. The normalized spacial score (nSPS) is 10.3. The van der Waals surface area contributed by atoms with Gasteiger partial charge in [-0.3, -0.25) is 9.59 Å². The minimum absolute atomic E-state index is 0.194. The summed E-state index contributed by atoms with van der Waals surface area (Å²) in [5.41, 5.74) is 0.561. The van der Waals surface area contributed by atoms with Crippen LogP contribution in [0.2, 0.25) is 0 Å². The first-order valence-electron chi connectivity index (χ1n) is 5.05. The number of benzene rings is 1. The molecule has 0 aliphatic heterocycles. The van der Waals surface area contributed by atoms with Gasteiger partial charge in [-0.15, -0.1) is 0 Å². The van der Waals surface area contributed by atoms with Crippen LogP contribution < -0.4 is 10.7 Å². The fourth-order valence-corrected chi connectivity index (χ4v) is 1.51. The van der Waals surface area contributed by atoms with Crippen molar-refractivity contribution in [2.24, 2.45) is 0 Å². The predicted molar refractivity (Wildman–Crippen MR) is 63.5 cm³/mol. The van der Waals surface area contributed by atoms with E-state index in [9.17, 15) is 14.4 Å². The van der Waals surface area contributed by atoms with Crippen LogP contribution in [0.15, 0.2) is 33.7 Å². The number of aliphatic carboxylic acids is 1. The van der Waals surface area contributed by atoms with Crippen molar-refractivity contribution in [2.45, 2.75) is 6.92 Å². The molecule has 0 unspecified atom stereocenters. The van der Waals surface area contributed by atoms with Crippen molar-refractivity contribution >= 4 is 28.5 Å². The van der Waals surface area contributed by atoms with E-state index in [1.807, 2.05) is 5.32 Å². The molecule has 2 aromatic rings. The molecule has 6 nitrogen and oxygen atoms in total. The van der Waals surface area contributed by atoms with Crippen molar-refractivity contribution in [1.82, 2.24) is 0 Å². The summed E-state index contributed by atoms with van der Waals surface area (Å²) in [6.07, 6.45) is 1.03. The number of hydrogen-bond donors (Lipinski definition) is 2. The molecular weight excluding hydrogens is 238 g/mol. The number of anilines is 1. The molecule has 6 heteroatoms. The first kappa shape index (κ1) is 11.8. The van der Waals surface area contributed by atoms with Crippen molar-refractivity contribution in [1.29, 1.82) is 0 Å². The Morgan fingerprint density at radius 3 is 2.72 bits per heavy atom. The lowest BCUT2D eigenvalue weighted by molar-refractivity contribution is -0.147. The Kier molecular flexibility index (Phi) is 2.85. The maximum Gasteiger partial charge on any atom is 0.394 e. The van der Waals surface area contributed by atoms with Crippen molar-refractivity contribution in [3.8, 4) is 0 Å². The lowest BCUT2D eigenvalue weighted by atomic mass is 10.1. The summed E-state index contributed by atoms with van der Waals surface area (Å²) in [6, 6.07) is 5.02. The van der Waals surface area contributed by atoms with Crippen molar-refractivity contribution in [3.05, 3.63) is 40.2 Å². The average molecular weight is 247 g/mol. The van der Waals surface area contributed by atoms with Crippen molar-refractivity contribution < 1.29 is 19.1 Å². The van der Waals surface area contributed by atoms with Gasteiger partial charge in [0.25, 0.3) is 0 Å². The number of rotatable bonds is 1. The molecule has 0 aliphatic carbocycles. The van der Waals surface area contributed by atoms with Gasteiger partial charge >= 0.3 is 11.9 Å². The smallest absolute Gasteiger partial charge is 0.394 e. The van der Waals surface area contributed by atoms with E-state index in [1.54, 1.807) is 25.1 Å². The van der Waals surface area contributed by atoms with Crippen LogP contribution in [0, 0.1) is 6.92 Å². The van der Waals surface area contributed by atoms with Crippen molar-refractivity contribution in [3.63, 3.8) is 0 Å². The van der Waals surface area contributed by atoms with Crippen LogP contribution >= 0.6 is 0 Å². The van der Waals surface area contributed by atoms with Crippen LogP contribution in [0.4, 0.5) is 5.69 Å². The number of carboxylic acids is 1. The number of carbonyl (C=O) groups is 2. The first-order valence-corrected chi connectivity index (χ1v) is 5.05. The molecule has 1 heterocycles. The first-order chi connectivity index (χ1) is 8.49. The largest absolute Gasteiger partial charge is 0.474 e. The number of carboxylic acid groups (broad SMARTS) is 1. The van der Waals surface area contributed by atoms with E-state index in [-0.39, 0.29) is 11.1 Å². The zero-order valence-electron chi connectivity index (χ0n) is 9.39. The molecule has 0 spiro atoms. The number of amides is 1. The van der Waals surface area contributed by atoms with Gasteiger partial charge in [0, 0.05) is 0 Å². The monoisotopic (exact) mass is 247 g/mol. The summed E-state index contributed by atoms with van der Waals surface area (Å²) in [6.45, 7) is 1.81. The second-order valence-corrected chi connectivity index (χ2v) is 3.74. The van der Waals surface area contributed by atoms with Gasteiger partial charge in [-0.05, 0) is 19.1 Å². The summed E-state index contributed by atoms with van der Waals surface area (Å²) < 4.78 is 5.15. The number of hydrogen-bond acceptors (Lipinski definition) is 4. The van der Waals surface area contributed by atoms with Gasteiger partial charge in [0.15, 0.2) is 0 Å². The molecule has 18 heavy (non-hydrogen) atoms. The van der Waals surface area contributed by atoms with Crippen LogP contribution in [0.5, 0.6) is 0 Å². The van der Waals surface area contributed by atoms with Crippen LogP contribution in [0.3, 0.4) is 0 Å². The van der Waals surface area contributed by atoms with Crippen LogP contribution in [0.1, 0.15) is 5.56 Å². The predicted octanol–water partition coefficient (Wildman–Crippen LogP) is 1.12. The summed E-state index contributed by atoms with van der Waals surface area (Å²) in [4.78, 5) is 33.3. The highest BCUT2D eigenvalue weighted by molar-refractivity contribution is 6.36. The van der Waals surface area contributed by atoms with E-state index in [1.165, 1.54) is 0 Å². The number of fused-ring (bicyclic) bond motifs is 1. The lowest BCUT2D eigenvalue weighted by Crippen LogP contribution is -2.25. The topological polar surface area (TPSA) is 96.6 Å². The SMILES string of the molecule is Cc1ccc2occ(NC(=O)C(=O)O)c(=O)c2c1. The second-order valence-electron chi connectivity index (χ2n) is 3.74. The summed E-state index contributed by atoms with van der Waals surface area (Å²) in [5, 5.41) is 10.7. The van der Waals surface area contributed by atoms with Gasteiger partial charge in [0.05, 0.1) is 5.39 Å². The number of carbonyl (C=O) groups excluding carboxylic acids is 1. The molecular formula is C12H9NO5. The zero-order valence-corrected chi connectivity index (χ0v) is 9.39. The Morgan fingerprint density at radius 2 is 2.06 bits per heavy atom. The number of aryl methyl sites for hydroxylation is 1.